The highest BCUT2D eigenvalue weighted by Gasteiger charge is 2.12. The summed E-state index contributed by atoms with van der Waals surface area (Å²) in [5.41, 5.74) is 5.22. The summed E-state index contributed by atoms with van der Waals surface area (Å²) in [6.45, 7) is 5.93. The molecule has 3 aromatic rings. The van der Waals surface area contributed by atoms with E-state index < -0.39 is 11.9 Å². The quantitative estimate of drug-likeness (QED) is 0.429. The van der Waals surface area contributed by atoms with Crippen LogP contribution in [-0.4, -0.2) is 28.3 Å². The van der Waals surface area contributed by atoms with Crippen LogP contribution in [0.2, 0.25) is 5.02 Å². The molecule has 0 saturated heterocycles. The van der Waals surface area contributed by atoms with E-state index in [0.29, 0.717) is 17.3 Å². The fourth-order valence-corrected chi connectivity index (χ4v) is 3.26. The van der Waals surface area contributed by atoms with Gasteiger partial charge in [0.05, 0.1) is 12.2 Å². The van der Waals surface area contributed by atoms with Gasteiger partial charge in [-0.3, -0.25) is 9.48 Å². The van der Waals surface area contributed by atoms with Crippen LogP contribution in [0.25, 0.3) is 6.08 Å². The Hall–Kier alpha value is -3.38. The van der Waals surface area contributed by atoms with E-state index in [1.54, 1.807) is 18.2 Å². The zero-order valence-electron chi connectivity index (χ0n) is 17.7. The van der Waals surface area contributed by atoms with Gasteiger partial charge < -0.3 is 10.1 Å². The Labute approximate surface area is 186 Å². The number of carbonyl (C=O) groups is 2. The van der Waals surface area contributed by atoms with E-state index in [9.17, 15) is 9.59 Å². The molecule has 1 N–H and O–H groups in total. The second-order valence-electron chi connectivity index (χ2n) is 7.19. The van der Waals surface area contributed by atoms with Crippen molar-refractivity contribution >= 4 is 35.2 Å². The highest BCUT2D eigenvalue weighted by Crippen LogP contribution is 2.20. The van der Waals surface area contributed by atoms with Crippen LogP contribution in [0, 0.1) is 20.8 Å². The van der Waals surface area contributed by atoms with Gasteiger partial charge in [-0.15, -0.1) is 0 Å². The molecule has 0 fully saturated rings. The number of nitrogens with zero attached hydrogens (tertiary/aromatic N) is 2. The number of rotatable bonds is 7. The Balaban J connectivity index is 1.57. The average molecular weight is 438 g/mol. The first-order chi connectivity index (χ1) is 14.8. The molecule has 0 atom stereocenters. The first kappa shape index (κ1) is 22.3. The van der Waals surface area contributed by atoms with Gasteiger partial charge in [0, 0.05) is 28.0 Å². The minimum absolute atomic E-state index is 0.360. The largest absolute Gasteiger partial charge is 0.452 e. The molecule has 0 aliphatic heterocycles. The van der Waals surface area contributed by atoms with Gasteiger partial charge in [-0.25, -0.2) is 4.79 Å². The van der Waals surface area contributed by atoms with E-state index in [0.717, 1.165) is 28.1 Å². The predicted molar refractivity (Wildman–Crippen MR) is 122 cm³/mol. The van der Waals surface area contributed by atoms with Crippen molar-refractivity contribution in [3.05, 3.63) is 87.7 Å². The first-order valence-corrected chi connectivity index (χ1v) is 10.2. The van der Waals surface area contributed by atoms with Crippen LogP contribution in [0.3, 0.4) is 0 Å². The SMILES string of the molecule is Cc1ccc(NC(=O)COC(=O)/C=C/c2c(C)nn(Cc3ccccc3Cl)c2C)cc1. The number of hydrogen-bond acceptors (Lipinski definition) is 4. The highest BCUT2D eigenvalue weighted by molar-refractivity contribution is 6.31. The van der Waals surface area contributed by atoms with Gasteiger partial charge in [0.2, 0.25) is 0 Å². The summed E-state index contributed by atoms with van der Waals surface area (Å²) in [5, 5.41) is 7.91. The van der Waals surface area contributed by atoms with Crippen molar-refractivity contribution in [1.82, 2.24) is 9.78 Å². The molecule has 0 aliphatic carbocycles. The van der Waals surface area contributed by atoms with Crippen molar-refractivity contribution in [1.29, 1.82) is 0 Å². The topological polar surface area (TPSA) is 73.2 Å². The lowest BCUT2D eigenvalue weighted by Crippen LogP contribution is -2.20. The zero-order valence-corrected chi connectivity index (χ0v) is 18.4. The van der Waals surface area contributed by atoms with Crippen molar-refractivity contribution in [2.75, 3.05) is 11.9 Å². The summed E-state index contributed by atoms with van der Waals surface area (Å²) in [7, 11) is 0. The monoisotopic (exact) mass is 437 g/mol. The molecule has 160 valence electrons. The maximum Gasteiger partial charge on any atom is 0.331 e. The van der Waals surface area contributed by atoms with Crippen molar-refractivity contribution in [2.45, 2.75) is 27.3 Å². The Morgan fingerprint density at radius 1 is 1.10 bits per heavy atom. The van der Waals surface area contributed by atoms with Crippen LogP contribution in [0.5, 0.6) is 0 Å². The molecule has 7 heteroatoms. The lowest BCUT2D eigenvalue weighted by molar-refractivity contribution is -0.142. The summed E-state index contributed by atoms with van der Waals surface area (Å²) in [5.74, 6) is -0.998. The van der Waals surface area contributed by atoms with E-state index in [2.05, 4.69) is 10.4 Å². The van der Waals surface area contributed by atoms with Crippen molar-refractivity contribution < 1.29 is 14.3 Å². The van der Waals surface area contributed by atoms with Gasteiger partial charge in [-0.1, -0.05) is 47.5 Å². The lowest BCUT2D eigenvalue weighted by atomic mass is 10.1. The minimum Gasteiger partial charge on any atom is -0.452 e. The predicted octanol–water partition coefficient (Wildman–Crippen LogP) is 4.71. The molecule has 3 rings (SSSR count). The van der Waals surface area contributed by atoms with Crippen LogP contribution in [0.4, 0.5) is 5.69 Å². The summed E-state index contributed by atoms with van der Waals surface area (Å²) in [4.78, 5) is 24.0. The normalized spacial score (nSPS) is 11.0. The van der Waals surface area contributed by atoms with Crippen LogP contribution in [0.1, 0.15) is 28.1 Å². The molecule has 6 nitrogen and oxygen atoms in total. The van der Waals surface area contributed by atoms with Crippen LogP contribution < -0.4 is 5.32 Å². The smallest absolute Gasteiger partial charge is 0.331 e. The third-order valence-electron chi connectivity index (χ3n) is 4.78. The number of amides is 1. The molecule has 0 aliphatic rings. The molecule has 2 aromatic carbocycles. The van der Waals surface area contributed by atoms with E-state index in [1.165, 1.54) is 6.08 Å². The third-order valence-corrected chi connectivity index (χ3v) is 5.15. The van der Waals surface area contributed by atoms with Crippen LogP contribution in [0.15, 0.2) is 54.6 Å². The zero-order chi connectivity index (χ0) is 22.4. The number of anilines is 1. The standard InChI is InChI=1S/C24H24ClN3O3/c1-16-8-10-20(11-9-16)26-23(29)15-31-24(30)13-12-21-17(2)27-28(18(21)3)14-19-6-4-5-7-22(19)25/h4-13H,14-15H2,1-3H3,(H,26,29)/b13-12+. The van der Waals surface area contributed by atoms with Crippen LogP contribution in [-0.2, 0) is 20.9 Å². The van der Waals surface area contributed by atoms with Gasteiger partial charge in [0.1, 0.15) is 0 Å². The molecular weight excluding hydrogens is 414 g/mol. The number of aryl methyl sites for hydroxylation is 2. The van der Waals surface area contributed by atoms with E-state index in [-0.39, 0.29) is 6.61 Å². The van der Waals surface area contributed by atoms with E-state index >= 15 is 0 Å². The molecule has 0 radical (unpaired) electrons. The second-order valence-corrected chi connectivity index (χ2v) is 7.60. The summed E-state index contributed by atoms with van der Waals surface area (Å²) < 4.78 is 6.88. The van der Waals surface area contributed by atoms with E-state index in [1.807, 2.05) is 61.9 Å². The Kier molecular flexibility index (Phi) is 7.26. The molecule has 31 heavy (non-hydrogen) atoms. The summed E-state index contributed by atoms with van der Waals surface area (Å²) >= 11 is 6.25. The van der Waals surface area contributed by atoms with Crippen LogP contribution >= 0.6 is 11.6 Å². The summed E-state index contributed by atoms with van der Waals surface area (Å²) in [6, 6.07) is 15.0. The lowest BCUT2D eigenvalue weighted by Gasteiger charge is -2.07. The molecule has 1 aromatic heterocycles. The van der Waals surface area contributed by atoms with Crippen molar-refractivity contribution in [3.8, 4) is 0 Å². The number of carbonyl (C=O) groups excluding carboxylic acids is 2. The number of halogens is 1. The fourth-order valence-electron chi connectivity index (χ4n) is 3.06. The number of hydrogen-bond donors (Lipinski definition) is 1. The Morgan fingerprint density at radius 2 is 1.81 bits per heavy atom. The first-order valence-electron chi connectivity index (χ1n) is 9.82. The maximum absolute atomic E-state index is 12.0. The Morgan fingerprint density at radius 3 is 2.52 bits per heavy atom. The highest BCUT2D eigenvalue weighted by atomic mass is 35.5. The molecule has 1 heterocycles. The molecule has 0 saturated carbocycles. The van der Waals surface area contributed by atoms with Crippen molar-refractivity contribution in [3.63, 3.8) is 0 Å². The number of nitrogens with one attached hydrogen (secondary N) is 1. The fraction of sp³-hybridized carbons (Fsp3) is 0.208. The summed E-state index contributed by atoms with van der Waals surface area (Å²) in [6.07, 6.45) is 2.96. The van der Waals surface area contributed by atoms with E-state index in [4.69, 9.17) is 16.3 Å². The Bertz CT molecular complexity index is 1120. The van der Waals surface area contributed by atoms with Gasteiger partial charge in [-0.2, -0.15) is 5.10 Å². The van der Waals surface area contributed by atoms with Gasteiger partial charge >= 0.3 is 5.97 Å². The maximum atomic E-state index is 12.0. The molecular formula is C24H24ClN3O3. The molecule has 0 unspecified atom stereocenters. The number of benzene rings is 2. The molecule has 1 amide bonds. The third kappa shape index (κ3) is 6.06. The molecule has 0 bridgehead atoms. The van der Waals surface area contributed by atoms with Crippen molar-refractivity contribution in [2.24, 2.45) is 0 Å². The van der Waals surface area contributed by atoms with Gasteiger partial charge in [0.15, 0.2) is 6.61 Å². The number of esters is 1. The van der Waals surface area contributed by atoms with Gasteiger partial charge in [0.25, 0.3) is 5.91 Å². The number of aromatic nitrogens is 2. The average Bonchev–Trinajstić information content (AvgIpc) is 3.01. The second kappa shape index (κ2) is 10.1. The number of ether oxygens (including phenoxy) is 1. The molecule has 0 spiro atoms. The minimum atomic E-state index is -0.600. The van der Waals surface area contributed by atoms with Gasteiger partial charge in [-0.05, 0) is 50.6 Å².